The summed E-state index contributed by atoms with van der Waals surface area (Å²) >= 11 is 0. The first-order valence-electron chi connectivity index (χ1n) is 6.63. The summed E-state index contributed by atoms with van der Waals surface area (Å²) in [7, 11) is 3.86. The number of nitrogens with one attached hydrogen (secondary N) is 2. The van der Waals surface area contributed by atoms with E-state index in [4.69, 9.17) is 10.2 Å². The van der Waals surface area contributed by atoms with Gasteiger partial charge in [0.15, 0.2) is 0 Å². The molecule has 0 heterocycles. The molecule has 0 radical (unpaired) electrons. The molecule has 0 aliphatic carbocycles. The van der Waals surface area contributed by atoms with Gasteiger partial charge in [0, 0.05) is 32.9 Å². The van der Waals surface area contributed by atoms with Crippen LogP contribution in [0.4, 0.5) is 0 Å². The van der Waals surface area contributed by atoms with E-state index >= 15 is 0 Å². The first-order valence-corrected chi connectivity index (χ1v) is 6.63. The fourth-order valence-electron chi connectivity index (χ4n) is 1.11. The minimum atomic E-state index is -0.0137. The molecule has 5 heteroatoms. The van der Waals surface area contributed by atoms with Crippen LogP contribution in [0.3, 0.4) is 0 Å². The molecule has 0 spiro atoms. The fourth-order valence-corrected chi connectivity index (χ4v) is 1.11. The number of aryl methyl sites for hydroxylation is 1. The van der Waals surface area contributed by atoms with E-state index in [1.54, 1.807) is 0 Å². The lowest BCUT2D eigenvalue weighted by Gasteiger charge is -2.04. The first kappa shape index (κ1) is 23.6. The van der Waals surface area contributed by atoms with Crippen molar-refractivity contribution in [1.82, 2.24) is 10.6 Å². The maximum Gasteiger partial charge on any atom is 0.251 e. The molecule has 0 unspecified atom stereocenters. The molecule has 4 N–H and O–H groups in total. The Labute approximate surface area is 123 Å². The average Bonchev–Trinajstić information content (AvgIpc) is 2.54. The third-order valence-corrected chi connectivity index (χ3v) is 1.97. The molecule has 118 valence electrons. The molecule has 0 bridgehead atoms. The standard InChI is InChI=1S/C11H16N2O.C2H6.2CH4O/c1-9-3-5-10(6-4-9)11(14)13-8-7-12-2;3*1-2/h3-6,12H,7-8H2,1-2H3,(H,13,14);1-2H3;2*2H,1H3. The van der Waals surface area contributed by atoms with Crippen LogP contribution >= 0.6 is 0 Å². The second kappa shape index (κ2) is 19.9. The molecule has 1 rings (SSSR count). The van der Waals surface area contributed by atoms with Gasteiger partial charge in [-0.3, -0.25) is 4.79 Å². The number of carbonyl (C=O) groups is 1. The average molecular weight is 286 g/mol. The molecule has 0 aliphatic rings. The minimum Gasteiger partial charge on any atom is -0.400 e. The summed E-state index contributed by atoms with van der Waals surface area (Å²) in [5.41, 5.74) is 1.88. The molecular formula is C15H30N2O3. The molecule has 0 aromatic heterocycles. The molecule has 1 aromatic carbocycles. The van der Waals surface area contributed by atoms with E-state index in [2.05, 4.69) is 10.6 Å². The molecule has 0 fully saturated rings. The molecule has 0 aliphatic heterocycles. The Kier molecular flexibility index (Phi) is 23.5. The van der Waals surface area contributed by atoms with E-state index in [1.807, 2.05) is 52.1 Å². The van der Waals surface area contributed by atoms with Crippen molar-refractivity contribution in [2.75, 3.05) is 34.4 Å². The summed E-state index contributed by atoms with van der Waals surface area (Å²) in [5.74, 6) is -0.0137. The number of carbonyl (C=O) groups excluding carboxylic acids is 1. The van der Waals surface area contributed by atoms with E-state index in [0.29, 0.717) is 12.1 Å². The van der Waals surface area contributed by atoms with Crippen LogP contribution < -0.4 is 10.6 Å². The largest absolute Gasteiger partial charge is 0.400 e. The van der Waals surface area contributed by atoms with Gasteiger partial charge >= 0.3 is 0 Å². The van der Waals surface area contributed by atoms with Crippen LogP contribution in [0, 0.1) is 6.92 Å². The zero-order valence-corrected chi connectivity index (χ0v) is 13.5. The second-order valence-electron chi connectivity index (χ2n) is 3.23. The minimum absolute atomic E-state index is 0.0137. The Morgan fingerprint density at radius 2 is 1.45 bits per heavy atom. The Morgan fingerprint density at radius 3 is 1.85 bits per heavy atom. The van der Waals surface area contributed by atoms with Crippen LogP contribution in [-0.2, 0) is 0 Å². The topological polar surface area (TPSA) is 81.6 Å². The van der Waals surface area contributed by atoms with Gasteiger partial charge in [0.1, 0.15) is 0 Å². The van der Waals surface area contributed by atoms with Gasteiger partial charge in [-0.15, -0.1) is 0 Å². The fraction of sp³-hybridized carbons (Fsp3) is 0.533. The van der Waals surface area contributed by atoms with Gasteiger partial charge < -0.3 is 20.8 Å². The molecule has 0 saturated heterocycles. The van der Waals surface area contributed by atoms with Crippen LogP contribution in [0.1, 0.15) is 29.8 Å². The number of benzene rings is 1. The van der Waals surface area contributed by atoms with Crippen molar-refractivity contribution >= 4 is 5.91 Å². The summed E-state index contributed by atoms with van der Waals surface area (Å²) in [6.07, 6.45) is 0. The second-order valence-corrected chi connectivity index (χ2v) is 3.23. The molecule has 20 heavy (non-hydrogen) atoms. The van der Waals surface area contributed by atoms with Crippen LogP contribution in [-0.4, -0.2) is 50.5 Å². The highest BCUT2D eigenvalue weighted by molar-refractivity contribution is 5.94. The lowest BCUT2D eigenvalue weighted by Crippen LogP contribution is -2.30. The molecule has 1 amide bonds. The van der Waals surface area contributed by atoms with Gasteiger partial charge in [-0.2, -0.15) is 0 Å². The quantitative estimate of drug-likeness (QED) is 0.627. The van der Waals surface area contributed by atoms with Crippen molar-refractivity contribution in [2.24, 2.45) is 0 Å². The van der Waals surface area contributed by atoms with Crippen LogP contribution in [0.2, 0.25) is 0 Å². The van der Waals surface area contributed by atoms with Gasteiger partial charge in [-0.25, -0.2) is 0 Å². The smallest absolute Gasteiger partial charge is 0.251 e. The molecule has 5 nitrogen and oxygen atoms in total. The predicted molar refractivity (Wildman–Crippen MR) is 85.1 cm³/mol. The van der Waals surface area contributed by atoms with Crippen molar-refractivity contribution in [3.05, 3.63) is 35.4 Å². The van der Waals surface area contributed by atoms with Crippen molar-refractivity contribution in [1.29, 1.82) is 0 Å². The van der Waals surface area contributed by atoms with Crippen molar-refractivity contribution in [3.63, 3.8) is 0 Å². The number of hydrogen-bond donors (Lipinski definition) is 4. The molecular weight excluding hydrogens is 256 g/mol. The van der Waals surface area contributed by atoms with Crippen molar-refractivity contribution in [3.8, 4) is 0 Å². The van der Waals surface area contributed by atoms with Gasteiger partial charge in [-0.1, -0.05) is 31.5 Å². The van der Waals surface area contributed by atoms with Gasteiger partial charge in [0.2, 0.25) is 0 Å². The Balaban J connectivity index is -0.000000425. The van der Waals surface area contributed by atoms with Gasteiger partial charge in [0.25, 0.3) is 5.91 Å². The molecule has 0 saturated carbocycles. The third kappa shape index (κ3) is 13.0. The zero-order chi connectivity index (χ0) is 16.4. The van der Waals surface area contributed by atoms with E-state index < -0.39 is 0 Å². The van der Waals surface area contributed by atoms with E-state index in [0.717, 1.165) is 26.3 Å². The predicted octanol–water partition coefficient (Wildman–Crippen LogP) is 1.19. The first-order chi connectivity index (χ1) is 9.74. The highest BCUT2D eigenvalue weighted by atomic mass is 16.2. The zero-order valence-electron chi connectivity index (χ0n) is 13.5. The number of amides is 1. The van der Waals surface area contributed by atoms with Crippen LogP contribution in [0.15, 0.2) is 24.3 Å². The van der Waals surface area contributed by atoms with Gasteiger partial charge in [0.05, 0.1) is 0 Å². The lowest BCUT2D eigenvalue weighted by atomic mass is 10.1. The monoisotopic (exact) mass is 286 g/mol. The summed E-state index contributed by atoms with van der Waals surface area (Å²) in [4.78, 5) is 11.5. The van der Waals surface area contributed by atoms with E-state index in [9.17, 15) is 4.79 Å². The van der Waals surface area contributed by atoms with Crippen molar-refractivity contribution in [2.45, 2.75) is 20.8 Å². The highest BCUT2D eigenvalue weighted by Crippen LogP contribution is 2.02. The number of hydrogen-bond acceptors (Lipinski definition) is 4. The summed E-state index contributed by atoms with van der Waals surface area (Å²) in [6, 6.07) is 7.55. The highest BCUT2D eigenvalue weighted by Gasteiger charge is 2.02. The SMILES string of the molecule is CC.CNCCNC(=O)c1ccc(C)cc1.CO.CO. The van der Waals surface area contributed by atoms with Crippen LogP contribution in [0.5, 0.6) is 0 Å². The maximum absolute atomic E-state index is 11.5. The maximum atomic E-state index is 11.5. The molecule has 1 aromatic rings. The Bertz CT molecular complexity index is 300. The number of aliphatic hydroxyl groups is 2. The Morgan fingerprint density at radius 1 is 1.00 bits per heavy atom. The van der Waals surface area contributed by atoms with E-state index in [1.165, 1.54) is 0 Å². The van der Waals surface area contributed by atoms with Gasteiger partial charge in [-0.05, 0) is 26.1 Å². The lowest BCUT2D eigenvalue weighted by molar-refractivity contribution is 0.0954. The summed E-state index contributed by atoms with van der Waals surface area (Å²) in [6.45, 7) is 7.45. The number of rotatable bonds is 4. The van der Waals surface area contributed by atoms with E-state index in [-0.39, 0.29) is 5.91 Å². The summed E-state index contributed by atoms with van der Waals surface area (Å²) < 4.78 is 0. The molecule has 0 atom stereocenters. The van der Waals surface area contributed by atoms with Crippen molar-refractivity contribution < 1.29 is 15.0 Å². The Hall–Kier alpha value is -1.43. The third-order valence-electron chi connectivity index (χ3n) is 1.97. The summed E-state index contributed by atoms with van der Waals surface area (Å²) in [5, 5.41) is 19.8. The normalized spacial score (nSPS) is 7.80. The van der Waals surface area contributed by atoms with Crippen LogP contribution in [0.25, 0.3) is 0 Å². The number of likely N-dealkylation sites (N-methyl/N-ethyl adjacent to an activating group) is 1. The number of aliphatic hydroxyl groups excluding tert-OH is 2.